The third-order valence-corrected chi connectivity index (χ3v) is 7.70. The van der Waals surface area contributed by atoms with E-state index in [0.29, 0.717) is 40.7 Å². The number of ether oxygens (including phenoxy) is 2. The third-order valence-electron chi connectivity index (χ3n) is 6.92. The Labute approximate surface area is 272 Å². The Morgan fingerprint density at radius 3 is 2.51 bits per heavy atom. The number of hydrogen-bond donors (Lipinski definition) is 2. The number of anilines is 1. The molecule has 0 unspecified atom stereocenters. The van der Waals surface area contributed by atoms with E-state index in [2.05, 4.69) is 15.6 Å². The first kappa shape index (κ1) is 33.5. The van der Waals surface area contributed by atoms with Crippen molar-refractivity contribution in [3.63, 3.8) is 0 Å². The van der Waals surface area contributed by atoms with Gasteiger partial charge in [-0.2, -0.15) is 0 Å². The van der Waals surface area contributed by atoms with Crippen LogP contribution in [-0.4, -0.2) is 56.6 Å². The minimum Gasteiger partial charge on any atom is -0.487 e. The number of halogens is 2. The van der Waals surface area contributed by atoms with Crippen molar-refractivity contribution < 1.29 is 23.9 Å². The molecule has 3 aromatic carbocycles. The number of nitrogens with zero attached hydrogens (tertiary/aromatic N) is 2. The van der Waals surface area contributed by atoms with E-state index in [-0.39, 0.29) is 30.0 Å². The summed E-state index contributed by atoms with van der Waals surface area (Å²) in [6, 6.07) is 19.7. The number of hydrogen-bond acceptors (Lipinski definition) is 6. The molecule has 0 spiro atoms. The highest BCUT2D eigenvalue weighted by Gasteiger charge is 2.19. The topological polar surface area (TPSA) is 110 Å². The number of benzene rings is 3. The lowest BCUT2D eigenvalue weighted by atomic mass is 10.1. The maximum absolute atomic E-state index is 13.0. The largest absolute Gasteiger partial charge is 0.487 e. The molecule has 0 aliphatic heterocycles. The fourth-order valence-electron chi connectivity index (χ4n) is 4.37. The molecule has 234 valence electrons. The molecule has 0 radical (unpaired) electrons. The number of likely N-dealkylation sites (N-methyl/N-ethyl adjacent to an activating group) is 1. The van der Waals surface area contributed by atoms with Gasteiger partial charge in [0, 0.05) is 60.6 Å². The zero-order chi connectivity index (χ0) is 32.3. The van der Waals surface area contributed by atoms with Crippen LogP contribution in [0.25, 0.3) is 17.0 Å². The van der Waals surface area contributed by atoms with Crippen LogP contribution in [0.1, 0.15) is 33.6 Å². The number of aryl methyl sites for hydroxylation is 1. The van der Waals surface area contributed by atoms with Gasteiger partial charge in [0.25, 0.3) is 5.91 Å². The number of carbonyl (C=O) groups excluding carboxylic acids is 3. The van der Waals surface area contributed by atoms with Gasteiger partial charge >= 0.3 is 0 Å². The zero-order valence-electron chi connectivity index (χ0n) is 25.2. The number of pyridine rings is 1. The lowest BCUT2D eigenvalue weighted by molar-refractivity contribution is -0.122. The van der Waals surface area contributed by atoms with Crippen molar-refractivity contribution >= 4 is 63.6 Å². The second kappa shape index (κ2) is 16.0. The summed E-state index contributed by atoms with van der Waals surface area (Å²) in [4.78, 5) is 43.5. The number of aromatic nitrogens is 1. The molecule has 9 nitrogen and oxygen atoms in total. The zero-order valence-corrected chi connectivity index (χ0v) is 26.7. The highest BCUT2D eigenvalue weighted by molar-refractivity contribution is 6.38. The van der Waals surface area contributed by atoms with Gasteiger partial charge in [0.2, 0.25) is 11.8 Å². The first-order valence-electron chi connectivity index (χ1n) is 14.2. The van der Waals surface area contributed by atoms with Crippen molar-refractivity contribution in [2.24, 2.45) is 0 Å². The van der Waals surface area contributed by atoms with Crippen LogP contribution in [0.3, 0.4) is 0 Å². The molecule has 1 heterocycles. The summed E-state index contributed by atoms with van der Waals surface area (Å²) in [7, 11) is 3.18. The highest BCUT2D eigenvalue weighted by Crippen LogP contribution is 2.35. The summed E-state index contributed by atoms with van der Waals surface area (Å²) in [5.74, 6) is -0.432. The van der Waals surface area contributed by atoms with Gasteiger partial charge in [-0.1, -0.05) is 53.5 Å². The van der Waals surface area contributed by atoms with Crippen LogP contribution in [0.2, 0.25) is 10.0 Å². The lowest BCUT2D eigenvalue weighted by Gasteiger charge is -2.21. The van der Waals surface area contributed by atoms with E-state index in [1.54, 1.807) is 56.6 Å². The summed E-state index contributed by atoms with van der Waals surface area (Å²) in [5, 5.41) is 7.01. The normalized spacial score (nSPS) is 11.0. The summed E-state index contributed by atoms with van der Waals surface area (Å²) in [6.07, 6.45) is 3.64. The van der Waals surface area contributed by atoms with Crippen LogP contribution in [0.4, 0.5) is 5.69 Å². The van der Waals surface area contributed by atoms with Crippen molar-refractivity contribution in [2.45, 2.75) is 20.0 Å². The smallest absolute Gasteiger partial charge is 0.251 e. The molecular formula is C34H34Cl2N4O5. The van der Waals surface area contributed by atoms with E-state index < -0.39 is 5.91 Å². The maximum Gasteiger partial charge on any atom is 0.251 e. The SMILES string of the molecule is COCCCNC(=O)c1ccc(C=CC(=O)NCC(=O)N(C)c2ccc(Cl)c(COc3cccc4ccc(C)nc34)c2Cl)cc1. The molecule has 1 aromatic heterocycles. The first-order valence-corrected chi connectivity index (χ1v) is 15.0. The second-order valence-electron chi connectivity index (χ2n) is 10.2. The molecule has 0 atom stereocenters. The van der Waals surface area contributed by atoms with Gasteiger partial charge in [-0.15, -0.1) is 0 Å². The van der Waals surface area contributed by atoms with E-state index >= 15 is 0 Å². The minimum atomic E-state index is -0.452. The molecule has 0 saturated carbocycles. The van der Waals surface area contributed by atoms with Crippen molar-refractivity contribution in [3.05, 3.63) is 105 Å². The van der Waals surface area contributed by atoms with Gasteiger partial charge in [0.1, 0.15) is 17.9 Å². The minimum absolute atomic E-state index is 0.0594. The number of amides is 3. The van der Waals surface area contributed by atoms with Crippen molar-refractivity contribution in [3.8, 4) is 5.75 Å². The molecule has 0 aliphatic rings. The number of nitrogens with one attached hydrogen (secondary N) is 2. The quantitative estimate of drug-likeness (QED) is 0.136. The molecule has 45 heavy (non-hydrogen) atoms. The van der Waals surface area contributed by atoms with E-state index in [0.717, 1.165) is 28.6 Å². The van der Waals surface area contributed by atoms with Crippen LogP contribution >= 0.6 is 23.2 Å². The van der Waals surface area contributed by atoms with Gasteiger partial charge in [-0.25, -0.2) is 4.98 Å². The molecular weight excluding hydrogens is 615 g/mol. The molecule has 0 saturated heterocycles. The summed E-state index contributed by atoms with van der Waals surface area (Å²) in [5.41, 5.74) is 3.77. The average molecular weight is 650 g/mol. The average Bonchev–Trinajstić information content (AvgIpc) is 3.04. The Morgan fingerprint density at radius 1 is 0.978 bits per heavy atom. The Kier molecular flexibility index (Phi) is 11.9. The van der Waals surface area contributed by atoms with Gasteiger partial charge in [0.15, 0.2) is 0 Å². The third kappa shape index (κ3) is 9.04. The predicted molar refractivity (Wildman–Crippen MR) is 178 cm³/mol. The predicted octanol–water partition coefficient (Wildman–Crippen LogP) is 5.99. The number of methoxy groups -OCH3 is 1. The van der Waals surface area contributed by atoms with Crippen LogP contribution in [-0.2, 0) is 20.9 Å². The van der Waals surface area contributed by atoms with Crippen LogP contribution in [0, 0.1) is 6.92 Å². The molecule has 11 heteroatoms. The summed E-state index contributed by atoms with van der Waals surface area (Å²) in [6.45, 7) is 2.81. The number of rotatable bonds is 13. The molecule has 4 rings (SSSR count). The van der Waals surface area contributed by atoms with Gasteiger partial charge in [-0.05, 0) is 61.4 Å². The molecule has 0 fully saturated rings. The molecule has 3 amide bonds. The Bertz CT molecular complexity index is 1710. The highest BCUT2D eigenvalue weighted by atomic mass is 35.5. The van der Waals surface area contributed by atoms with Gasteiger partial charge in [-0.3, -0.25) is 14.4 Å². The van der Waals surface area contributed by atoms with E-state index in [1.165, 1.54) is 11.0 Å². The van der Waals surface area contributed by atoms with Crippen molar-refractivity contribution in [1.29, 1.82) is 0 Å². The fourth-order valence-corrected chi connectivity index (χ4v) is 4.98. The first-order chi connectivity index (χ1) is 21.7. The lowest BCUT2D eigenvalue weighted by Crippen LogP contribution is -2.37. The van der Waals surface area contributed by atoms with Gasteiger partial charge in [0.05, 0.1) is 17.3 Å². The monoisotopic (exact) mass is 648 g/mol. The van der Waals surface area contributed by atoms with Crippen LogP contribution in [0.15, 0.2) is 72.8 Å². The van der Waals surface area contributed by atoms with E-state index in [1.807, 2.05) is 37.3 Å². The van der Waals surface area contributed by atoms with Crippen LogP contribution in [0.5, 0.6) is 5.75 Å². The van der Waals surface area contributed by atoms with E-state index in [9.17, 15) is 14.4 Å². The Hall–Kier alpha value is -4.44. The standard InChI is InChI=1S/C34H34Cl2N4O5/c1-22-8-12-24-6-4-7-29(33(24)39-22)45-21-26-27(35)15-16-28(32(26)36)40(2)31(42)20-38-30(41)17-11-23-9-13-25(14-10-23)34(43)37-18-5-19-44-3/h4,6-17H,5,18-21H2,1-3H3,(H,37,43)(H,38,41). The molecule has 4 aromatic rings. The van der Waals surface area contributed by atoms with Crippen molar-refractivity contribution in [2.75, 3.05) is 38.8 Å². The number of fused-ring (bicyclic) bond motifs is 1. The maximum atomic E-state index is 13.0. The van der Waals surface area contributed by atoms with Gasteiger partial charge < -0.3 is 25.0 Å². The van der Waals surface area contributed by atoms with E-state index in [4.69, 9.17) is 32.7 Å². The summed E-state index contributed by atoms with van der Waals surface area (Å²) >= 11 is 13.2. The molecule has 0 bridgehead atoms. The Balaban J connectivity index is 1.32. The molecule has 0 aliphatic carbocycles. The van der Waals surface area contributed by atoms with Crippen LogP contribution < -0.4 is 20.3 Å². The fraction of sp³-hybridized carbons (Fsp3) is 0.235. The second-order valence-corrected chi connectivity index (χ2v) is 10.9. The summed E-state index contributed by atoms with van der Waals surface area (Å²) < 4.78 is 11.0. The molecule has 2 N–H and O–H groups in total. The van der Waals surface area contributed by atoms with Crippen molar-refractivity contribution in [1.82, 2.24) is 15.6 Å². The number of para-hydroxylation sites is 1. The number of carbonyl (C=O) groups is 3. The Morgan fingerprint density at radius 2 is 1.76 bits per heavy atom.